The molecule has 0 amide bonds. The average Bonchev–Trinajstić information content (AvgIpc) is 2.47. The quantitative estimate of drug-likeness (QED) is 0.884. The maximum Gasteiger partial charge on any atom is 0.124 e. The zero-order valence-electron chi connectivity index (χ0n) is 11.1. The van der Waals surface area contributed by atoms with Crippen molar-refractivity contribution < 1.29 is 9.50 Å². The number of aromatic hydroxyl groups is 1. The molecule has 0 bridgehead atoms. The van der Waals surface area contributed by atoms with E-state index in [0.717, 1.165) is 12.0 Å². The molecule has 0 heterocycles. The third kappa shape index (κ3) is 3.07. The van der Waals surface area contributed by atoms with Gasteiger partial charge >= 0.3 is 0 Å². The van der Waals surface area contributed by atoms with Gasteiger partial charge in [-0.3, -0.25) is 0 Å². The van der Waals surface area contributed by atoms with Crippen LogP contribution >= 0.6 is 0 Å². The van der Waals surface area contributed by atoms with Crippen molar-refractivity contribution in [3.05, 3.63) is 59.4 Å². The number of nitriles is 1. The van der Waals surface area contributed by atoms with E-state index in [4.69, 9.17) is 5.26 Å². The Hall–Kier alpha value is -2.54. The van der Waals surface area contributed by atoms with Crippen LogP contribution in [0.3, 0.4) is 0 Å². The van der Waals surface area contributed by atoms with E-state index in [2.05, 4.69) is 5.32 Å². The van der Waals surface area contributed by atoms with Crippen molar-refractivity contribution in [2.45, 2.75) is 19.4 Å². The van der Waals surface area contributed by atoms with Crippen LogP contribution in [0.4, 0.5) is 10.1 Å². The molecule has 2 aromatic carbocycles. The van der Waals surface area contributed by atoms with Gasteiger partial charge in [-0.15, -0.1) is 0 Å². The number of phenolic OH excluding ortho intramolecular Hbond substituents is 1. The maximum atomic E-state index is 13.1. The van der Waals surface area contributed by atoms with Gasteiger partial charge in [0.25, 0.3) is 0 Å². The van der Waals surface area contributed by atoms with Gasteiger partial charge in [0, 0.05) is 0 Å². The highest BCUT2D eigenvalue weighted by molar-refractivity contribution is 5.58. The smallest absolute Gasteiger partial charge is 0.124 e. The molecule has 102 valence electrons. The first-order chi connectivity index (χ1) is 9.63. The molecule has 2 N–H and O–H groups in total. The van der Waals surface area contributed by atoms with Crippen LogP contribution in [-0.2, 0) is 0 Å². The van der Waals surface area contributed by atoms with Gasteiger partial charge in [0.2, 0.25) is 0 Å². The van der Waals surface area contributed by atoms with Crippen molar-refractivity contribution in [3.63, 3.8) is 0 Å². The van der Waals surface area contributed by atoms with E-state index in [1.165, 1.54) is 12.1 Å². The number of benzene rings is 2. The largest absolute Gasteiger partial charge is 0.508 e. The van der Waals surface area contributed by atoms with Crippen molar-refractivity contribution in [2.75, 3.05) is 5.32 Å². The number of hydrogen-bond acceptors (Lipinski definition) is 3. The Morgan fingerprint density at radius 3 is 2.55 bits per heavy atom. The summed E-state index contributed by atoms with van der Waals surface area (Å²) in [6.45, 7) is 2.01. The van der Waals surface area contributed by atoms with Crippen molar-refractivity contribution in [3.8, 4) is 11.8 Å². The van der Waals surface area contributed by atoms with E-state index in [1.807, 2.05) is 25.1 Å². The van der Waals surface area contributed by atoms with E-state index in [1.54, 1.807) is 18.2 Å². The molecule has 2 aromatic rings. The molecule has 0 saturated heterocycles. The first-order valence-corrected chi connectivity index (χ1v) is 6.39. The summed E-state index contributed by atoms with van der Waals surface area (Å²) in [4.78, 5) is 0. The average molecular weight is 270 g/mol. The number of phenols is 1. The predicted octanol–water partition coefficient (Wildman–Crippen LogP) is 3.97. The molecule has 0 spiro atoms. The molecule has 20 heavy (non-hydrogen) atoms. The second-order valence-corrected chi connectivity index (χ2v) is 4.50. The lowest BCUT2D eigenvalue weighted by molar-refractivity contribution is 0.475. The Bertz CT molecular complexity index is 632. The summed E-state index contributed by atoms with van der Waals surface area (Å²) >= 11 is 0. The molecule has 1 atom stereocenters. The highest BCUT2D eigenvalue weighted by atomic mass is 19.1. The molecule has 0 radical (unpaired) electrons. The Balaban J connectivity index is 2.27. The third-order valence-electron chi connectivity index (χ3n) is 3.14. The number of halogens is 1. The zero-order chi connectivity index (χ0) is 14.5. The predicted molar refractivity (Wildman–Crippen MR) is 75.9 cm³/mol. The molecular formula is C16H15FN2O. The van der Waals surface area contributed by atoms with Crippen LogP contribution in [0.25, 0.3) is 0 Å². The van der Waals surface area contributed by atoms with Gasteiger partial charge < -0.3 is 10.4 Å². The number of hydrogen-bond donors (Lipinski definition) is 2. The monoisotopic (exact) mass is 270 g/mol. The minimum atomic E-state index is -0.426. The van der Waals surface area contributed by atoms with Crippen LogP contribution in [0.15, 0.2) is 42.5 Å². The normalized spacial score (nSPS) is 11.7. The van der Waals surface area contributed by atoms with Crippen LogP contribution in [0.1, 0.15) is 30.5 Å². The minimum absolute atomic E-state index is 0.00633. The van der Waals surface area contributed by atoms with Crippen LogP contribution in [0.2, 0.25) is 0 Å². The third-order valence-corrected chi connectivity index (χ3v) is 3.14. The fourth-order valence-electron chi connectivity index (χ4n) is 2.05. The Kier molecular flexibility index (Phi) is 4.21. The van der Waals surface area contributed by atoms with Gasteiger partial charge in [0.15, 0.2) is 0 Å². The van der Waals surface area contributed by atoms with E-state index in [-0.39, 0.29) is 17.4 Å². The minimum Gasteiger partial charge on any atom is -0.508 e. The Morgan fingerprint density at radius 1 is 1.25 bits per heavy atom. The van der Waals surface area contributed by atoms with Crippen molar-refractivity contribution in [1.29, 1.82) is 5.26 Å². The highest BCUT2D eigenvalue weighted by Crippen LogP contribution is 2.26. The molecule has 0 fully saturated rings. The van der Waals surface area contributed by atoms with Crippen LogP contribution in [-0.4, -0.2) is 5.11 Å². The fraction of sp³-hybridized carbons (Fsp3) is 0.188. The summed E-state index contributed by atoms with van der Waals surface area (Å²) in [7, 11) is 0. The fourth-order valence-corrected chi connectivity index (χ4v) is 2.05. The first kappa shape index (κ1) is 13.9. The molecule has 4 heteroatoms. The lowest BCUT2D eigenvalue weighted by Crippen LogP contribution is -2.10. The Morgan fingerprint density at radius 2 is 1.95 bits per heavy atom. The van der Waals surface area contributed by atoms with Crippen LogP contribution in [0, 0.1) is 17.1 Å². The van der Waals surface area contributed by atoms with Crippen LogP contribution in [0.5, 0.6) is 5.75 Å². The van der Waals surface area contributed by atoms with E-state index in [0.29, 0.717) is 5.69 Å². The topological polar surface area (TPSA) is 56.0 Å². The van der Waals surface area contributed by atoms with E-state index >= 15 is 0 Å². The van der Waals surface area contributed by atoms with Gasteiger partial charge in [-0.2, -0.15) is 5.26 Å². The standard InChI is InChI=1S/C16H15FN2O/c1-2-15(11-3-6-14(20)7-4-11)19-16-8-5-13(17)9-12(16)10-18/h3-9,15,19-20H,2H2,1H3. The van der Waals surface area contributed by atoms with Crippen LogP contribution < -0.4 is 5.32 Å². The highest BCUT2D eigenvalue weighted by Gasteiger charge is 2.12. The second kappa shape index (κ2) is 6.07. The van der Waals surface area contributed by atoms with Gasteiger partial charge in [-0.25, -0.2) is 4.39 Å². The zero-order valence-corrected chi connectivity index (χ0v) is 11.1. The summed E-state index contributed by atoms with van der Waals surface area (Å²) in [6.07, 6.45) is 0.799. The molecule has 0 aliphatic carbocycles. The number of rotatable bonds is 4. The summed E-state index contributed by atoms with van der Waals surface area (Å²) in [6, 6.07) is 13.0. The summed E-state index contributed by atoms with van der Waals surface area (Å²) in [5, 5.41) is 21.6. The Labute approximate surface area is 117 Å². The summed E-state index contributed by atoms with van der Waals surface area (Å²) < 4.78 is 13.1. The second-order valence-electron chi connectivity index (χ2n) is 4.50. The van der Waals surface area contributed by atoms with Gasteiger partial charge in [-0.1, -0.05) is 19.1 Å². The summed E-state index contributed by atoms with van der Waals surface area (Å²) in [5.74, 6) is -0.215. The molecule has 0 aliphatic rings. The van der Waals surface area contributed by atoms with Crippen molar-refractivity contribution >= 4 is 5.69 Å². The SMILES string of the molecule is CCC(Nc1ccc(F)cc1C#N)c1ccc(O)cc1. The number of nitrogens with zero attached hydrogens (tertiary/aromatic N) is 1. The van der Waals surface area contributed by atoms with Crippen molar-refractivity contribution in [2.24, 2.45) is 0 Å². The van der Waals surface area contributed by atoms with Gasteiger partial charge in [-0.05, 0) is 42.3 Å². The molecule has 1 unspecified atom stereocenters. The van der Waals surface area contributed by atoms with E-state index < -0.39 is 5.82 Å². The van der Waals surface area contributed by atoms with Crippen molar-refractivity contribution in [1.82, 2.24) is 0 Å². The molecular weight excluding hydrogens is 255 g/mol. The van der Waals surface area contributed by atoms with E-state index in [9.17, 15) is 9.50 Å². The number of nitrogens with one attached hydrogen (secondary N) is 1. The molecule has 3 nitrogen and oxygen atoms in total. The van der Waals surface area contributed by atoms with Gasteiger partial charge in [0.05, 0.1) is 17.3 Å². The van der Waals surface area contributed by atoms with Gasteiger partial charge in [0.1, 0.15) is 17.6 Å². The number of anilines is 1. The lowest BCUT2D eigenvalue weighted by Gasteiger charge is -2.19. The molecule has 2 rings (SSSR count). The molecule has 0 saturated carbocycles. The summed E-state index contributed by atoms with van der Waals surface area (Å²) in [5.41, 5.74) is 1.88. The first-order valence-electron chi connectivity index (χ1n) is 6.39. The lowest BCUT2D eigenvalue weighted by atomic mass is 10.0. The maximum absolute atomic E-state index is 13.1. The molecule has 0 aromatic heterocycles. The molecule has 0 aliphatic heterocycles.